The summed E-state index contributed by atoms with van der Waals surface area (Å²) in [6.45, 7) is 4.06. The fourth-order valence-electron chi connectivity index (χ4n) is 4.68. The molecule has 170 valence electrons. The summed E-state index contributed by atoms with van der Waals surface area (Å²) in [4.78, 5) is 13.6. The number of nitrogens with one attached hydrogen (secondary N) is 1. The van der Waals surface area contributed by atoms with Gasteiger partial charge in [-0.05, 0) is 53.1 Å². The van der Waals surface area contributed by atoms with Crippen molar-refractivity contribution in [3.8, 4) is 0 Å². The van der Waals surface area contributed by atoms with Crippen LogP contribution in [0.1, 0.15) is 38.3 Å². The zero-order valence-corrected chi connectivity index (χ0v) is 19.8. The van der Waals surface area contributed by atoms with E-state index in [1.807, 2.05) is 26.0 Å². The van der Waals surface area contributed by atoms with Gasteiger partial charge in [-0.25, -0.2) is 12.8 Å². The van der Waals surface area contributed by atoms with E-state index >= 15 is 0 Å². The van der Waals surface area contributed by atoms with E-state index in [-0.39, 0.29) is 15.4 Å². The summed E-state index contributed by atoms with van der Waals surface area (Å²) < 4.78 is 43.4. The average molecular weight is 483 g/mol. The number of hydrogen-bond acceptors (Lipinski definition) is 5. The molecule has 1 aromatic heterocycles. The van der Waals surface area contributed by atoms with E-state index in [9.17, 15) is 17.6 Å². The van der Waals surface area contributed by atoms with Gasteiger partial charge in [0.1, 0.15) is 16.1 Å². The zero-order valence-electron chi connectivity index (χ0n) is 18.2. The number of allylic oxidation sites excluding steroid dienone is 1. The maximum atomic E-state index is 14.0. The van der Waals surface area contributed by atoms with Crippen LogP contribution >= 0.6 is 11.3 Å². The van der Waals surface area contributed by atoms with Gasteiger partial charge in [-0.1, -0.05) is 44.2 Å². The molecular weight excluding hydrogens is 459 g/mol. The van der Waals surface area contributed by atoms with Crippen LogP contribution < -0.4 is 9.62 Å². The summed E-state index contributed by atoms with van der Waals surface area (Å²) in [5.74, 6) is -0.536. The molecule has 1 atom stereocenters. The molecule has 0 spiro atoms. The van der Waals surface area contributed by atoms with Crippen LogP contribution in [0.3, 0.4) is 0 Å². The van der Waals surface area contributed by atoms with E-state index in [1.54, 1.807) is 41.8 Å². The highest BCUT2D eigenvalue weighted by Gasteiger charge is 2.45. The van der Waals surface area contributed by atoms with Crippen molar-refractivity contribution >= 4 is 38.5 Å². The third-order valence-electron chi connectivity index (χ3n) is 6.05. The van der Waals surface area contributed by atoms with Crippen LogP contribution in [0.15, 0.2) is 81.5 Å². The topological polar surface area (TPSA) is 66.5 Å². The van der Waals surface area contributed by atoms with Gasteiger partial charge in [0.25, 0.3) is 10.0 Å². The molecule has 0 fully saturated rings. The van der Waals surface area contributed by atoms with Gasteiger partial charge in [-0.2, -0.15) is 0 Å². The quantitative estimate of drug-likeness (QED) is 0.505. The minimum Gasteiger partial charge on any atom is -0.357 e. The fraction of sp³-hybridized carbons (Fsp3) is 0.240. The van der Waals surface area contributed by atoms with E-state index in [0.717, 1.165) is 11.3 Å². The average Bonchev–Trinajstić information content (AvgIpc) is 3.25. The number of ketones is 1. The number of anilines is 2. The lowest BCUT2D eigenvalue weighted by atomic mass is 9.73. The van der Waals surface area contributed by atoms with Gasteiger partial charge < -0.3 is 5.32 Å². The molecule has 5 rings (SSSR count). The van der Waals surface area contributed by atoms with E-state index < -0.39 is 21.9 Å². The Morgan fingerprint density at radius 1 is 1.03 bits per heavy atom. The molecule has 2 heterocycles. The molecular formula is C25H23FN2O3S2. The lowest BCUT2D eigenvalue weighted by Gasteiger charge is -2.37. The van der Waals surface area contributed by atoms with Crippen LogP contribution in [0.4, 0.5) is 15.8 Å². The van der Waals surface area contributed by atoms with Crippen molar-refractivity contribution in [1.29, 1.82) is 0 Å². The Bertz CT molecular complexity index is 1360. The summed E-state index contributed by atoms with van der Waals surface area (Å²) in [5.41, 5.74) is 2.45. The molecule has 3 aromatic rings. The molecule has 2 aromatic carbocycles. The summed E-state index contributed by atoms with van der Waals surface area (Å²) in [5, 5.41) is 5.10. The maximum absolute atomic E-state index is 14.0. The number of carbonyl (C=O) groups excluding carboxylic acids is 1. The Morgan fingerprint density at radius 3 is 2.45 bits per heavy atom. The second-order valence-corrected chi connectivity index (χ2v) is 12.2. The summed E-state index contributed by atoms with van der Waals surface area (Å²) in [6, 6.07) is 15.2. The Kier molecular flexibility index (Phi) is 5.17. The lowest BCUT2D eigenvalue weighted by molar-refractivity contribution is -0.118. The predicted molar refractivity (Wildman–Crippen MR) is 128 cm³/mol. The highest BCUT2D eigenvalue weighted by Crippen LogP contribution is 2.50. The van der Waals surface area contributed by atoms with Crippen molar-refractivity contribution in [2.45, 2.75) is 36.9 Å². The summed E-state index contributed by atoms with van der Waals surface area (Å²) in [6.07, 6.45) is 0.890. The summed E-state index contributed by atoms with van der Waals surface area (Å²) >= 11 is 1.12. The SMILES string of the molecule is CC1(C)CC(=O)C2=C(C1)Nc1ccccc1N(S(=O)(=O)c1cccs1)C2c1ccc(F)cc1. The molecule has 0 bridgehead atoms. The monoisotopic (exact) mass is 482 g/mol. The molecule has 0 saturated heterocycles. The molecule has 1 unspecified atom stereocenters. The molecule has 8 heteroatoms. The van der Waals surface area contributed by atoms with Crippen molar-refractivity contribution in [1.82, 2.24) is 0 Å². The maximum Gasteiger partial charge on any atom is 0.274 e. The Morgan fingerprint density at radius 2 is 1.76 bits per heavy atom. The number of para-hydroxylation sites is 2. The number of thiophene rings is 1. The van der Waals surface area contributed by atoms with Gasteiger partial charge >= 0.3 is 0 Å². The van der Waals surface area contributed by atoms with E-state index in [2.05, 4.69) is 5.32 Å². The Hall–Kier alpha value is -2.97. The first-order valence-corrected chi connectivity index (χ1v) is 13.0. The second kappa shape index (κ2) is 7.81. The van der Waals surface area contributed by atoms with E-state index in [4.69, 9.17) is 0 Å². The van der Waals surface area contributed by atoms with Crippen LogP contribution in [0.2, 0.25) is 0 Å². The van der Waals surface area contributed by atoms with Gasteiger partial charge in [-0.3, -0.25) is 9.10 Å². The highest BCUT2D eigenvalue weighted by molar-refractivity contribution is 7.94. The van der Waals surface area contributed by atoms with Crippen molar-refractivity contribution in [3.63, 3.8) is 0 Å². The third-order valence-corrected chi connectivity index (χ3v) is 9.20. The van der Waals surface area contributed by atoms with Crippen LogP contribution in [-0.2, 0) is 14.8 Å². The predicted octanol–water partition coefficient (Wildman–Crippen LogP) is 5.89. The number of nitrogens with zero attached hydrogens (tertiary/aromatic N) is 1. The number of fused-ring (bicyclic) bond motifs is 1. The number of Topliss-reactive ketones (excluding diaryl/α,β-unsaturated/α-hetero) is 1. The van der Waals surface area contributed by atoms with Crippen molar-refractivity contribution in [2.24, 2.45) is 5.41 Å². The molecule has 5 nitrogen and oxygen atoms in total. The Balaban J connectivity index is 1.84. The molecule has 0 amide bonds. The highest BCUT2D eigenvalue weighted by atomic mass is 32.2. The van der Waals surface area contributed by atoms with Gasteiger partial charge in [0, 0.05) is 17.7 Å². The minimum atomic E-state index is -4.03. The standard InChI is InChI=1S/C25H23FN2O3S2/c1-25(2)14-19-23(21(29)15-25)24(16-9-11-17(26)12-10-16)28(20-7-4-3-6-18(20)27-19)33(30,31)22-8-5-13-32-22/h3-13,24,27H,14-15H2,1-2H3. The van der Waals surface area contributed by atoms with Crippen molar-refractivity contribution in [3.05, 3.63) is 88.7 Å². The van der Waals surface area contributed by atoms with Crippen molar-refractivity contribution in [2.75, 3.05) is 9.62 Å². The van der Waals surface area contributed by atoms with Gasteiger partial charge in [-0.15, -0.1) is 11.3 Å². The number of halogens is 1. The van der Waals surface area contributed by atoms with Crippen LogP contribution in [0.5, 0.6) is 0 Å². The molecule has 1 aliphatic heterocycles. The lowest BCUT2D eigenvalue weighted by Crippen LogP contribution is -2.39. The van der Waals surface area contributed by atoms with E-state index in [0.29, 0.717) is 41.1 Å². The summed E-state index contributed by atoms with van der Waals surface area (Å²) in [7, 11) is -4.03. The van der Waals surface area contributed by atoms with Crippen molar-refractivity contribution < 1.29 is 17.6 Å². The largest absolute Gasteiger partial charge is 0.357 e. The smallest absolute Gasteiger partial charge is 0.274 e. The number of benzene rings is 2. The van der Waals surface area contributed by atoms with Gasteiger partial charge in [0.15, 0.2) is 5.78 Å². The molecule has 1 aliphatic carbocycles. The normalized spacial score (nSPS) is 20.0. The molecule has 1 N–H and O–H groups in total. The zero-order chi connectivity index (χ0) is 23.4. The third kappa shape index (κ3) is 3.77. The van der Waals surface area contributed by atoms with E-state index in [1.165, 1.54) is 16.4 Å². The first-order valence-electron chi connectivity index (χ1n) is 10.6. The number of hydrogen-bond donors (Lipinski definition) is 1. The van der Waals surface area contributed by atoms with Gasteiger partial charge in [0.05, 0.1) is 11.4 Å². The minimum absolute atomic E-state index is 0.109. The molecule has 0 saturated carbocycles. The van der Waals surface area contributed by atoms with Gasteiger partial charge in [0.2, 0.25) is 0 Å². The first kappa shape index (κ1) is 21.9. The van der Waals surface area contributed by atoms with Crippen LogP contribution in [-0.4, -0.2) is 14.2 Å². The first-order chi connectivity index (χ1) is 15.7. The number of carbonyl (C=O) groups is 1. The fourth-order valence-corrected chi connectivity index (χ4v) is 7.39. The Labute approximate surface area is 196 Å². The van der Waals surface area contributed by atoms with Crippen LogP contribution in [0, 0.1) is 11.2 Å². The number of sulfonamides is 1. The molecule has 33 heavy (non-hydrogen) atoms. The second-order valence-electron chi connectivity index (χ2n) is 9.16. The van der Waals surface area contributed by atoms with Crippen LogP contribution in [0.25, 0.3) is 0 Å². The molecule has 2 aliphatic rings. The number of rotatable bonds is 3. The molecule has 0 radical (unpaired) electrons.